The maximum atomic E-state index is 12.3. The van der Waals surface area contributed by atoms with Crippen molar-refractivity contribution in [1.29, 1.82) is 0 Å². The second-order valence-corrected chi connectivity index (χ2v) is 5.85. The minimum absolute atomic E-state index is 0.0849. The molecule has 8 nitrogen and oxygen atoms in total. The Morgan fingerprint density at radius 1 is 1.19 bits per heavy atom. The molecule has 0 aliphatic heterocycles. The van der Waals surface area contributed by atoms with Crippen molar-refractivity contribution in [1.82, 2.24) is 10.2 Å². The van der Waals surface area contributed by atoms with Gasteiger partial charge in [-0.15, -0.1) is 0 Å². The summed E-state index contributed by atoms with van der Waals surface area (Å²) in [4.78, 5) is 36.1. The molecule has 138 valence electrons. The number of nitrogens with one attached hydrogen (secondary N) is 2. The molecule has 0 radical (unpaired) electrons. The highest BCUT2D eigenvalue weighted by molar-refractivity contribution is 6.31. The van der Waals surface area contributed by atoms with Crippen LogP contribution in [0.5, 0.6) is 5.75 Å². The summed E-state index contributed by atoms with van der Waals surface area (Å²) < 4.78 is 10.1. The molecule has 3 rings (SSSR count). The third kappa shape index (κ3) is 4.06. The molecular formula is C18H14ClN3O5. The normalized spacial score (nSPS) is 10.4. The zero-order chi connectivity index (χ0) is 19.4. The van der Waals surface area contributed by atoms with Gasteiger partial charge in [0, 0.05) is 10.4 Å². The topological polar surface area (TPSA) is 110 Å². The zero-order valence-corrected chi connectivity index (χ0v) is 14.9. The summed E-state index contributed by atoms with van der Waals surface area (Å²) in [5.74, 6) is -1.01. The molecule has 1 heterocycles. The SMILES string of the molecule is COc1ccc(Cl)cc1NC(=O)COC(=O)c1n[nH]c(=O)c2ccccc12. The first kappa shape index (κ1) is 18.4. The van der Waals surface area contributed by atoms with Crippen molar-refractivity contribution >= 4 is 39.9 Å². The smallest absolute Gasteiger partial charge is 0.359 e. The Morgan fingerprint density at radius 3 is 2.67 bits per heavy atom. The molecule has 2 N–H and O–H groups in total. The van der Waals surface area contributed by atoms with Crippen molar-refractivity contribution in [2.75, 3.05) is 19.0 Å². The number of anilines is 1. The van der Waals surface area contributed by atoms with E-state index in [9.17, 15) is 14.4 Å². The monoisotopic (exact) mass is 387 g/mol. The van der Waals surface area contributed by atoms with Gasteiger partial charge in [-0.3, -0.25) is 9.59 Å². The molecule has 0 spiro atoms. The van der Waals surface area contributed by atoms with Gasteiger partial charge >= 0.3 is 5.97 Å². The van der Waals surface area contributed by atoms with Crippen molar-refractivity contribution in [3.05, 3.63) is 63.5 Å². The molecular weight excluding hydrogens is 374 g/mol. The highest BCUT2D eigenvalue weighted by Gasteiger charge is 2.17. The number of nitrogens with zero attached hydrogens (tertiary/aromatic N) is 1. The number of aromatic nitrogens is 2. The van der Waals surface area contributed by atoms with Gasteiger partial charge in [0.15, 0.2) is 12.3 Å². The van der Waals surface area contributed by atoms with E-state index in [0.29, 0.717) is 27.2 Å². The molecule has 1 aromatic heterocycles. The highest BCUT2D eigenvalue weighted by atomic mass is 35.5. The number of halogens is 1. The Hall–Kier alpha value is -3.39. The molecule has 3 aromatic rings. The van der Waals surface area contributed by atoms with Crippen LogP contribution >= 0.6 is 11.6 Å². The molecule has 0 aliphatic rings. The van der Waals surface area contributed by atoms with Gasteiger partial charge in [-0.2, -0.15) is 5.10 Å². The van der Waals surface area contributed by atoms with Crippen LogP contribution in [-0.2, 0) is 9.53 Å². The maximum Gasteiger partial charge on any atom is 0.359 e. The van der Waals surface area contributed by atoms with E-state index in [0.717, 1.165) is 0 Å². The number of hydrogen-bond donors (Lipinski definition) is 2. The Balaban J connectivity index is 1.71. The van der Waals surface area contributed by atoms with Gasteiger partial charge in [0.05, 0.1) is 18.2 Å². The van der Waals surface area contributed by atoms with E-state index in [1.807, 2.05) is 0 Å². The summed E-state index contributed by atoms with van der Waals surface area (Å²) in [5.41, 5.74) is -0.162. The second kappa shape index (κ2) is 7.88. The number of H-pyrrole nitrogens is 1. The van der Waals surface area contributed by atoms with Crippen LogP contribution in [0.4, 0.5) is 5.69 Å². The molecule has 0 unspecified atom stereocenters. The molecule has 0 aliphatic carbocycles. The number of benzene rings is 2. The first-order chi connectivity index (χ1) is 13.0. The summed E-state index contributed by atoms with van der Waals surface area (Å²) in [6.07, 6.45) is 0. The summed E-state index contributed by atoms with van der Waals surface area (Å²) >= 11 is 5.90. The van der Waals surface area contributed by atoms with Crippen LogP contribution in [-0.4, -0.2) is 35.8 Å². The summed E-state index contributed by atoms with van der Waals surface area (Å²) in [6, 6.07) is 11.2. The van der Waals surface area contributed by atoms with E-state index in [4.69, 9.17) is 21.1 Å². The summed E-state index contributed by atoms with van der Waals surface area (Å²) in [7, 11) is 1.45. The standard InChI is InChI=1S/C18H14ClN3O5/c1-26-14-7-6-10(19)8-13(14)20-15(23)9-27-18(25)16-11-4-2-3-5-12(11)17(24)22-21-16/h2-8H,9H2,1H3,(H,20,23)(H,22,24). The molecule has 0 fully saturated rings. The van der Waals surface area contributed by atoms with E-state index in [-0.39, 0.29) is 5.69 Å². The Kier molecular flexibility index (Phi) is 5.37. The minimum Gasteiger partial charge on any atom is -0.495 e. The Bertz CT molecular complexity index is 1080. The maximum absolute atomic E-state index is 12.3. The van der Waals surface area contributed by atoms with Crippen molar-refractivity contribution in [2.45, 2.75) is 0 Å². The van der Waals surface area contributed by atoms with Gasteiger partial charge in [0.25, 0.3) is 11.5 Å². The fraction of sp³-hybridized carbons (Fsp3) is 0.111. The van der Waals surface area contributed by atoms with Crippen molar-refractivity contribution < 1.29 is 19.1 Å². The van der Waals surface area contributed by atoms with Gasteiger partial charge in [-0.25, -0.2) is 9.89 Å². The number of esters is 1. The van der Waals surface area contributed by atoms with Crippen LogP contribution in [0.15, 0.2) is 47.3 Å². The van der Waals surface area contributed by atoms with Gasteiger partial charge in [-0.05, 0) is 24.3 Å². The third-order valence-electron chi connectivity index (χ3n) is 3.66. The molecule has 0 bridgehead atoms. The summed E-state index contributed by atoms with van der Waals surface area (Å²) in [6.45, 7) is -0.552. The molecule has 2 aromatic carbocycles. The fourth-order valence-corrected chi connectivity index (χ4v) is 2.61. The predicted octanol–water partition coefficient (Wildman–Crippen LogP) is 2.38. The summed E-state index contributed by atoms with van der Waals surface area (Å²) in [5, 5.41) is 9.56. The molecule has 27 heavy (non-hydrogen) atoms. The molecule has 9 heteroatoms. The average Bonchev–Trinajstić information content (AvgIpc) is 2.67. The number of fused-ring (bicyclic) bond motifs is 1. The number of rotatable bonds is 5. The number of carbonyl (C=O) groups is 2. The number of hydrogen-bond acceptors (Lipinski definition) is 6. The number of aromatic amines is 1. The first-order valence-electron chi connectivity index (χ1n) is 7.77. The third-order valence-corrected chi connectivity index (χ3v) is 3.89. The van der Waals surface area contributed by atoms with Crippen LogP contribution in [0.1, 0.15) is 10.5 Å². The lowest BCUT2D eigenvalue weighted by molar-refractivity contribution is -0.119. The van der Waals surface area contributed by atoms with Crippen molar-refractivity contribution in [3.63, 3.8) is 0 Å². The van der Waals surface area contributed by atoms with E-state index >= 15 is 0 Å². The van der Waals surface area contributed by atoms with Crippen LogP contribution in [0.3, 0.4) is 0 Å². The fourth-order valence-electron chi connectivity index (χ4n) is 2.43. The Labute approximate surface area is 158 Å². The molecule has 1 amide bonds. The van der Waals surface area contributed by atoms with E-state index < -0.39 is 24.0 Å². The van der Waals surface area contributed by atoms with Crippen LogP contribution in [0, 0.1) is 0 Å². The van der Waals surface area contributed by atoms with Crippen LogP contribution in [0.25, 0.3) is 10.8 Å². The minimum atomic E-state index is -0.837. The number of methoxy groups -OCH3 is 1. The van der Waals surface area contributed by atoms with E-state index in [2.05, 4.69) is 15.5 Å². The van der Waals surface area contributed by atoms with Gasteiger partial charge in [0.2, 0.25) is 0 Å². The largest absolute Gasteiger partial charge is 0.495 e. The van der Waals surface area contributed by atoms with Gasteiger partial charge in [-0.1, -0.05) is 29.8 Å². The molecule has 0 saturated heterocycles. The lowest BCUT2D eigenvalue weighted by atomic mass is 10.1. The number of ether oxygens (including phenoxy) is 2. The second-order valence-electron chi connectivity index (χ2n) is 5.42. The van der Waals surface area contributed by atoms with Gasteiger partial charge in [0.1, 0.15) is 5.75 Å². The molecule has 0 atom stereocenters. The Morgan fingerprint density at radius 2 is 1.93 bits per heavy atom. The number of amides is 1. The van der Waals surface area contributed by atoms with Crippen molar-refractivity contribution in [2.24, 2.45) is 0 Å². The average molecular weight is 388 g/mol. The first-order valence-corrected chi connectivity index (χ1v) is 8.15. The zero-order valence-electron chi connectivity index (χ0n) is 14.1. The van der Waals surface area contributed by atoms with Gasteiger partial charge < -0.3 is 14.8 Å². The lowest BCUT2D eigenvalue weighted by Crippen LogP contribution is -2.23. The number of carbonyl (C=O) groups excluding carboxylic acids is 2. The highest BCUT2D eigenvalue weighted by Crippen LogP contribution is 2.27. The molecule has 0 saturated carbocycles. The lowest BCUT2D eigenvalue weighted by Gasteiger charge is -2.11. The van der Waals surface area contributed by atoms with E-state index in [1.165, 1.54) is 13.2 Å². The quantitative estimate of drug-likeness (QED) is 0.650. The van der Waals surface area contributed by atoms with Crippen molar-refractivity contribution in [3.8, 4) is 5.75 Å². The van der Waals surface area contributed by atoms with E-state index in [1.54, 1.807) is 36.4 Å². The van der Waals surface area contributed by atoms with Crippen LogP contribution in [0.2, 0.25) is 5.02 Å². The van der Waals surface area contributed by atoms with Crippen LogP contribution < -0.4 is 15.6 Å². The predicted molar refractivity (Wildman–Crippen MR) is 99.3 cm³/mol.